The Hall–Kier alpha value is -1.94. The first-order chi connectivity index (χ1) is 10.8. The molecule has 2 rings (SSSR count). The van der Waals surface area contributed by atoms with Gasteiger partial charge in [0.1, 0.15) is 0 Å². The normalized spacial score (nSPS) is 11.7. The van der Waals surface area contributed by atoms with Crippen molar-refractivity contribution < 1.29 is 4.79 Å². The fourth-order valence-corrected chi connectivity index (χ4v) is 1.84. The number of amides is 1. The number of carbonyl (C=O) groups is 1. The van der Waals surface area contributed by atoms with Crippen LogP contribution in [-0.4, -0.2) is 11.0 Å². The quantitative estimate of drug-likeness (QED) is 0.784. The Kier molecular flexibility index (Phi) is 11.6. The summed E-state index contributed by atoms with van der Waals surface area (Å²) in [6, 6.07) is 9.00. The van der Waals surface area contributed by atoms with Crippen molar-refractivity contribution in [2.45, 2.75) is 40.5 Å². The number of benzene rings is 1. The molecule has 1 amide bonds. The van der Waals surface area contributed by atoms with Gasteiger partial charge in [-0.1, -0.05) is 58.0 Å². The van der Waals surface area contributed by atoms with Crippen LogP contribution in [-0.2, 0) is 0 Å². The molecule has 1 aliphatic rings. The lowest BCUT2D eigenvalue weighted by Gasteiger charge is -2.12. The Balaban J connectivity index is 0.00000102. The molecule has 120 valence electrons. The van der Waals surface area contributed by atoms with Crippen molar-refractivity contribution in [3.8, 4) is 0 Å². The average molecular weight is 318 g/mol. The molecule has 0 atom stereocenters. The molecule has 0 fully saturated rings. The second-order valence-electron chi connectivity index (χ2n) is 3.91. The average Bonchev–Trinajstić information content (AvgIpc) is 2.60. The van der Waals surface area contributed by atoms with E-state index in [2.05, 4.69) is 22.8 Å². The van der Waals surface area contributed by atoms with Crippen LogP contribution in [0.3, 0.4) is 0 Å². The molecule has 4 heteroatoms. The SMILES string of the molecule is CC.CC.O=C(NC(=S)NC1=CCCC=C1)c1ccccc1. The Morgan fingerprint density at radius 2 is 1.68 bits per heavy atom. The first-order valence-corrected chi connectivity index (χ1v) is 8.20. The summed E-state index contributed by atoms with van der Waals surface area (Å²) in [5.41, 5.74) is 1.52. The Labute approximate surface area is 139 Å². The molecular weight excluding hydrogens is 292 g/mol. The van der Waals surface area contributed by atoms with Gasteiger partial charge < -0.3 is 5.32 Å². The van der Waals surface area contributed by atoms with Gasteiger partial charge in [0.05, 0.1) is 0 Å². The molecule has 0 spiro atoms. The van der Waals surface area contributed by atoms with Gasteiger partial charge in [0.2, 0.25) is 0 Å². The molecule has 0 aliphatic heterocycles. The molecule has 1 aromatic rings. The highest BCUT2D eigenvalue weighted by Gasteiger charge is 2.07. The molecule has 3 nitrogen and oxygen atoms in total. The van der Waals surface area contributed by atoms with E-state index in [9.17, 15) is 4.79 Å². The summed E-state index contributed by atoms with van der Waals surface area (Å²) in [7, 11) is 0. The summed E-state index contributed by atoms with van der Waals surface area (Å²) < 4.78 is 0. The van der Waals surface area contributed by atoms with Gasteiger partial charge >= 0.3 is 0 Å². The highest BCUT2D eigenvalue weighted by Crippen LogP contribution is 2.06. The monoisotopic (exact) mass is 318 g/mol. The predicted molar refractivity (Wildman–Crippen MR) is 98.8 cm³/mol. The number of carbonyl (C=O) groups excluding carboxylic acids is 1. The van der Waals surface area contributed by atoms with Crippen molar-refractivity contribution in [1.29, 1.82) is 0 Å². The van der Waals surface area contributed by atoms with E-state index in [0.717, 1.165) is 18.5 Å². The van der Waals surface area contributed by atoms with Crippen LogP contribution >= 0.6 is 12.2 Å². The zero-order valence-electron chi connectivity index (χ0n) is 13.8. The zero-order valence-corrected chi connectivity index (χ0v) is 14.7. The number of hydrogen-bond donors (Lipinski definition) is 2. The highest BCUT2D eigenvalue weighted by molar-refractivity contribution is 7.80. The fourth-order valence-electron chi connectivity index (χ4n) is 1.63. The van der Waals surface area contributed by atoms with Crippen LogP contribution in [0.15, 0.2) is 54.3 Å². The maximum atomic E-state index is 11.8. The predicted octanol–water partition coefficient (Wildman–Crippen LogP) is 4.58. The maximum Gasteiger partial charge on any atom is 0.257 e. The lowest BCUT2D eigenvalue weighted by molar-refractivity contribution is 0.0977. The van der Waals surface area contributed by atoms with Gasteiger partial charge in [-0.15, -0.1) is 0 Å². The number of hydrogen-bond acceptors (Lipinski definition) is 2. The standard InChI is InChI=1S/C14H14N2OS.2C2H6/c17-13(11-7-3-1-4-8-11)16-14(18)15-12-9-5-2-6-10-12;2*1-2/h1,3-5,7-10H,2,6H2,(H2,15,16,17,18);2*1-2H3. The molecule has 1 aliphatic carbocycles. The van der Waals surface area contributed by atoms with Crippen LogP contribution in [0.4, 0.5) is 0 Å². The highest BCUT2D eigenvalue weighted by atomic mass is 32.1. The summed E-state index contributed by atoms with van der Waals surface area (Å²) in [6.07, 6.45) is 8.14. The minimum absolute atomic E-state index is 0.200. The van der Waals surface area contributed by atoms with E-state index < -0.39 is 0 Å². The molecule has 2 N–H and O–H groups in total. The second-order valence-corrected chi connectivity index (χ2v) is 4.32. The third-order valence-electron chi connectivity index (χ3n) is 2.52. The van der Waals surface area contributed by atoms with Crippen molar-refractivity contribution in [1.82, 2.24) is 10.6 Å². The lowest BCUT2D eigenvalue weighted by Crippen LogP contribution is -2.38. The topological polar surface area (TPSA) is 41.1 Å². The summed E-state index contributed by atoms with van der Waals surface area (Å²) >= 11 is 5.09. The van der Waals surface area contributed by atoms with Crippen LogP contribution in [0.1, 0.15) is 50.9 Å². The van der Waals surface area contributed by atoms with Gasteiger partial charge in [0, 0.05) is 11.3 Å². The molecule has 0 heterocycles. The van der Waals surface area contributed by atoms with Crippen LogP contribution in [0, 0.1) is 0 Å². The second kappa shape index (κ2) is 12.8. The van der Waals surface area contributed by atoms with E-state index in [-0.39, 0.29) is 5.91 Å². The van der Waals surface area contributed by atoms with Gasteiger partial charge in [-0.25, -0.2) is 0 Å². The van der Waals surface area contributed by atoms with Crippen LogP contribution < -0.4 is 10.6 Å². The summed E-state index contributed by atoms with van der Waals surface area (Å²) in [5, 5.41) is 5.96. The van der Waals surface area contributed by atoms with Crippen molar-refractivity contribution >= 4 is 23.2 Å². The van der Waals surface area contributed by atoms with Gasteiger partial charge in [-0.2, -0.15) is 0 Å². The minimum atomic E-state index is -0.200. The summed E-state index contributed by atoms with van der Waals surface area (Å²) in [4.78, 5) is 11.8. The first kappa shape index (κ1) is 20.1. The largest absolute Gasteiger partial charge is 0.333 e. The van der Waals surface area contributed by atoms with Gasteiger partial charge in [-0.3, -0.25) is 10.1 Å². The molecular formula is C18H26N2OS. The van der Waals surface area contributed by atoms with Crippen LogP contribution in [0.2, 0.25) is 0 Å². The van der Waals surface area contributed by atoms with Gasteiger partial charge in [0.15, 0.2) is 5.11 Å². The minimum Gasteiger partial charge on any atom is -0.333 e. The molecule has 0 bridgehead atoms. The molecule has 0 saturated carbocycles. The van der Waals surface area contributed by atoms with E-state index in [1.54, 1.807) is 12.1 Å². The van der Waals surface area contributed by atoms with Gasteiger partial charge in [0.25, 0.3) is 5.91 Å². The third kappa shape index (κ3) is 7.74. The fraction of sp³-hybridized carbons (Fsp3) is 0.333. The zero-order chi connectivity index (χ0) is 16.8. The number of nitrogens with one attached hydrogen (secondary N) is 2. The molecule has 1 aromatic carbocycles. The number of allylic oxidation sites excluding steroid dienone is 3. The van der Waals surface area contributed by atoms with Crippen molar-refractivity contribution in [3.05, 3.63) is 59.8 Å². The van der Waals surface area contributed by atoms with E-state index in [0.29, 0.717) is 10.7 Å². The molecule has 0 unspecified atom stereocenters. The molecule has 0 saturated heterocycles. The van der Waals surface area contributed by atoms with E-state index in [1.807, 2.05) is 52.0 Å². The lowest BCUT2D eigenvalue weighted by atomic mass is 10.1. The van der Waals surface area contributed by atoms with E-state index in [1.165, 1.54) is 0 Å². The Morgan fingerprint density at radius 3 is 2.23 bits per heavy atom. The van der Waals surface area contributed by atoms with Crippen molar-refractivity contribution in [2.24, 2.45) is 0 Å². The molecule has 0 aromatic heterocycles. The number of thiocarbonyl (C=S) groups is 1. The van der Waals surface area contributed by atoms with Crippen molar-refractivity contribution in [2.75, 3.05) is 0 Å². The first-order valence-electron chi connectivity index (χ1n) is 7.80. The van der Waals surface area contributed by atoms with Crippen LogP contribution in [0.25, 0.3) is 0 Å². The molecule has 0 radical (unpaired) electrons. The maximum absolute atomic E-state index is 11.8. The smallest absolute Gasteiger partial charge is 0.257 e. The van der Waals surface area contributed by atoms with E-state index >= 15 is 0 Å². The van der Waals surface area contributed by atoms with Gasteiger partial charge in [-0.05, 0) is 43.3 Å². The number of rotatable bonds is 2. The van der Waals surface area contributed by atoms with E-state index in [4.69, 9.17) is 12.2 Å². The Morgan fingerprint density at radius 1 is 1.05 bits per heavy atom. The summed E-state index contributed by atoms with van der Waals surface area (Å²) in [6.45, 7) is 8.00. The summed E-state index contributed by atoms with van der Waals surface area (Å²) in [5.74, 6) is -0.200. The van der Waals surface area contributed by atoms with Crippen LogP contribution in [0.5, 0.6) is 0 Å². The third-order valence-corrected chi connectivity index (χ3v) is 2.72. The van der Waals surface area contributed by atoms with Crippen molar-refractivity contribution in [3.63, 3.8) is 0 Å². The molecule has 22 heavy (non-hydrogen) atoms. The Bertz CT molecular complexity index is 507.